The number of hydrogen-bond acceptors (Lipinski definition) is 6. The first kappa shape index (κ1) is 29.7. The van der Waals surface area contributed by atoms with Crippen molar-refractivity contribution in [3.63, 3.8) is 0 Å². The second-order valence-corrected chi connectivity index (χ2v) is 14.0. The first-order chi connectivity index (χ1) is 20.5. The molecule has 0 bridgehead atoms. The fourth-order valence-corrected chi connectivity index (χ4v) is 7.18. The van der Waals surface area contributed by atoms with Gasteiger partial charge in [0, 0.05) is 31.1 Å². The number of benzene rings is 2. The van der Waals surface area contributed by atoms with Crippen molar-refractivity contribution in [3.05, 3.63) is 71.3 Å². The van der Waals surface area contributed by atoms with Crippen LogP contribution < -0.4 is 0 Å². The van der Waals surface area contributed by atoms with Crippen LogP contribution in [-0.2, 0) is 20.7 Å². The molecule has 6 rings (SSSR count). The van der Waals surface area contributed by atoms with Crippen LogP contribution in [0, 0.1) is 11.3 Å². The summed E-state index contributed by atoms with van der Waals surface area (Å²) in [5, 5.41) is 11.2. The summed E-state index contributed by atoms with van der Waals surface area (Å²) in [5.41, 5.74) is 1.35. The van der Waals surface area contributed by atoms with Gasteiger partial charge in [-0.05, 0) is 94.9 Å². The molecule has 1 aliphatic carbocycles. The average molecular weight is 589 g/mol. The summed E-state index contributed by atoms with van der Waals surface area (Å²) in [6.45, 7) is 6.67. The number of carbonyl (C=O) groups is 3. The lowest BCUT2D eigenvalue weighted by Gasteiger charge is -2.36. The Morgan fingerprint density at radius 2 is 1.67 bits per heavy atom. The van der Waals surface area contributed by atoms with Gasteiger partial charge in [0.15, 0.2) is 0 Å². The molecule has 2 amide bonds. The Hall–Kier alpha value is -3.39. The fraction of sp³-hybridized carbons (Fsp3) is 0.571. The Bertz CT molecular complexity index is 1320. The molecule has 2 aromatic rings. The van der Waals surface area contributed by atoms with Crippen molar-refractivity contribution in [2.75, 3.05) is 13.1 Å². The molecule has 3 aliphatic heterocycles. The van der Waals surface area contributed by atoms with Gasteiger partial charge >= 0.3 is 12.1 Å². The van der Waals surface area contributed by atoms with Gasteiger partial charge < -0.3 is 19.5 Å². The summed E-state index contributed by atoms with van der Waals surface area (Å²) in [5.74, 6) is 0.460. The molecule has 0 aromatic heterocycles. The van der Waals surface area contributed by atoms with Crippen molar-refractivity contribution in [3.8, 4) is 0 Å². The number of amides is 2. The molecular weight excluding hydrogens is 544 g/mol. The van der Waals surface area contributed by atoms with E-state index in [0.29, 0.717) is 50.3 Å². The van der Waals surface area contributed by atoms with E-state index in [-0.39, 0.29) is 30.1 Å². The highest BCUT2D eigenvalue weighted by molar-refractivity contribution is 5.94. The second kappa shape index (κ2) is 11.6. The zero-order valence-corrected chi connectivity index (χ0v) is 25.5. The molecule has 4 aliphatic rings. The lowest BCUT2D eigenvalue weighted by Crippen LogP contribution is -2.47. The van der Waals surface area contributed by atoms with Gasteiger partial charge in [0.1, 0.15) is 11.7 Å². The predicted octanol–water partition coefficient (Wildman–Crippen LogP) is 5.68. The van der Waals surface area contributed by atoms with E-state index in [9.17, 15) is 19.5 Å². The highest BCUT2D eigenvalue weighted by atomic mass is 16.6. The van der Waals surface area contributed by atoms with E-state index >= 15 is 0 Å². The number of aliphatic hydroxyl groups is 1. The number of hydrogen-bond donors (Lipinski definition) is 1. The van der Waals surface area contributed by atoms with Crippen LogP contribution in [0.25, 0.3) is 0 Å². The summed E-state index contributed by atoms with van der Waals surface area (Å²) in [4.78, 5) is 43.1. The first-order valence-corrected chi connectivity index (χ1v) is 15.9. The maximum Gasteiger partial charge on any atom is 0.410 e. The molecule has 4 fully saturated rings. The van der Waals surface area contributed by atoms with Crippen molar-refractivity contribution in [2.45, 2.75) is 102 Å². The lowest BCUT2D eigenvalue weighted by molar-refractivity contribution is -0.151. The number of piperidine rings is 1. The van der Waals surface area contributed by atoms with Gasteiger partial charge in [0.25, 0.3) is 5.91 Å². The van der Waals surface area contributed by atoms with Crippen LogP contribution in [0.2, 0.25) is 0 Å². The van der Waals surface area contributed by atoms with Crippen LogP contribution in [0.3, 0.4) is 0 Å². The van der Waals surface area contributed by atoms with Crippen LogP contribution in [0.15, 0.2) is 54.6 Å². The minimum absolute atomic E-state index is 0.0196. The van der Waals surface area contributed by atoms with Gasteiger partial charge in [0.2, 0.25) is 0 Å². The van der Waals surface area contributed by atoms with E-state index in [0.717, 1.165) is 36.8 Å². The molecule has 2 aromatic carbocycles. The summed E-state index contributed by atoms with van der Waals surface area (Å²) >= 11 is 0. The second-order valence-electron chi connectivity index (χ2n) is 14.0. The number of cyclic esters (lactones) is 1. The van der Waals surface area contributed by atoms with E-state index in [4.69, 9.17) is 9.47 Å². The first-order valence-electron chi connectivity index (χ1n) is 15.9. The van der Waals surface area contributed by atoms with Crippen molar-refractivity contribution in [1.29, 1.82) is 0 Å². The SMILES string of the molecule is CC(C)(C)OC(=O)N1[C@H](Cc2ccc(C(=O)N3CCC4(CC3)CC(C3CC3)OC4=O)cc2)CC[C@@H]1[C@H](O)c1ccccc1. The molecule has 1 N–H and O–H groups in total. The van der Waals surface area contributed by atoms with E-state index < -0.39 is 23.2 Å². The molecule has 8 nitrogen and oxygen atoms in total. The van der Waals surface area contributed by atoms with Crippen LogP contribution in [-0.4, -0.2) is 69.8 Å². The Morgan fingerprint density at radius 1 is 1.00 bits per heavy atom. The molecule has 230 valence electrons. The van der Waals surface area contributed by atoms with Gasteiger partial charge in [-0.25, -0.2) is 4.79 Å². The van der Waals surface area contributed by atoms with E-state index in [1.807, 2.05) is 80.3 Å². The van der Waals surface area contributed by atoms with Crippen LogP contribution in [0.4, 0.5) is 4.79 Å². The van der Waals surface area contributed by atoms with Crippen molar-refractivity contribution < 1.29 is 29.0 Å². The minimum Gasteiger partial charge on any atom is -0.462 e. The summed E-state index contributed by atoms with van der Waals surface area (Å²) in [6, 6.07) is 16.6. The Labute approximate surface area is 254 Å². The average Bonchev–Trinajstić information content (AvgIpc) is 3.68. The Morgan fingerprint density at radius 3 is 2.30 bits per heavy atom. The standard InChI is InChI=1S/C35H44N2O6/c1-34(2,3)43-33(41)37-27(15-16-28(37)30(38)25-7-5-4-6-8-25)21-23-9-11-26(12-10-23)31(39)36-19-17-35(18-20-36)22-29(24-13-14-24)42-32(35)40/h4-12,24,27-30,38H,13-22H2,1-3H3/t27-,28+,29?,30+/m0/s1. The van der Waals surface area contributed by atoms with Gasteiger partial charge in [0.05, 0.1) is 17.6 Å². The third kappa shape index (κ3) is 6.30. The Balaban J connectivity index is 1.10. The smallest absolute Gasteiger partial charge is 0.410 e. The van der Waals surface area contributed by atoms with Gasteiger partial charge in [-0.15, -0.1) is 0 Å². The molecule has 43 heavy (non-hydrogen) atoms. The maximum atomic E-state index is 13.4. The van der Waals surface area contributed by atoms with Gasteiger partial charge in [-0.2, -0.15) is 0 Å². The lowest BCUT2D eigenvalue weighted by atomic mass is 9.75. The molecule has 3 saturated heterocycles. The van der Waals surface area contributed by atoms with E-state index in [1.165, 1.54) is 0 Å². The zero-order chi connectivity index (χ0) is 30.4. The number of rotatable bonds is 6. The molecule has 1 saturated carbocycles. The molecule has 1 unspecified atom stereocenters. The maximum absolute atomic E-state index is 13.4. The number of esters is 1. The normalized spacial score (nSPS) is 26.0. The highest BCUT2D eigenvalue weighted by Gasteiger charge is 2.54. The molecule has 1 spiro atoms. The zero-order valence-electron chi connectivity index (χ0n) is 25.5. The summed E-state index contributed by atoms with van der Waals surface area (Å²) in [7, 11) is 0. The third-order valence-electron chi connectivity index (χ3n) is 9.77. The fourth-order valence-electron chi connectivity index (χ4n) is 7.18. The largest absolute Gasteiger partial charge is 0.462 e. The predicted molar refractivity (Wildman–Crippen MR) is 161 cm³/mol. The molecular formula is C35H44N2O6. The highest BCUT2D eigenvalue weighted by Crippen LogP contribution is 2.49. The Kier molecular flexibility index (Phi) is 8.01. The number of likely N-dealkylation sites (tertiary alicyclic amines) is 2. The van der Waals surface area contributed by atoms with Crippen LogP contribution in [0.5, 0.6) is 0 Å². The third-order valence-corrected chi connectivity index (χ3v) is 9.77. The topological polar surface area (TPSA) is 96.4 Å². The van der Waals surface area contributed by atoms with E-state index in [1.54, 1.807) is 4.90 Å². The van der Waals surface area contributed by atoms with Crippen molar-refractivity contribution >= 4 is 18.0 Å². The van der Waals surface area contributed by atoms with Crippen molar-refractivity contribution in [2.24, 2.45) is 11.3 Å². The summed E-state index contributed by atoms with van der Waals surface area (Å²) < 4.78 is 11.5. The molecule has 8 heteroatoms. The number of nitrogens with zero attached hydrogens (tertiary/aromatic N) is 2. The van der Waals surface area contributed by atoms with Gasteiger partial charge in [-0.1, -0.05) is 42.5 Å². The van der Waals surface area contributed by atoms with E-state index in [2.05, 4.69) is 0 Å². The van der Waals surface area contributed by atoms with Crippen LogP contribution >= 0.6 is 0 Å². The molecule has 3 heterocycles. The number of ether oxygens (including phenoxy) is 2. The molecule has 4 atom stereocenters. The molecule has 0 radical (unpaired) electrons. The number of carbonyl (C=O) groups excluding carboxylic acids is 3. The quantitative estimate of drug-likeness (QED) is 0.437. The van der Waals surface area contributed by atoms with Crippen molar-refractivity contribution in [1.82, 2.24) is 9.80 Å². The van der Waals surface area contributed by atoms with Gasteiger partial charge in [-0.3, -0.25) is 14.5 Å². The number of aliphatic hydroxyl groups excluding tert-OH is 1. The van der Waals surface area contributed by atoms with Crippen LogP contribution in [0.1, 0.15) is 93.3 Å². The minimum atomic E-state index is -0.812. The monoisotopic (exact) mass is 588 g/mol. The summed E-state index contributed by atoms with van der Waals surface area (Å²) in [6.07, 6.45) is 5.30.